The highest BCUT2D eigenvalue weighted by molar-refractivity contribution is 5.81. The molecule has 0 saturated heterocycles. The second-order valence-electron chi connectivity index (χ2n) is 4.97. The molecule has 1 aliphatic rings. The molecule has 0 bridgehead atoms. The Hall–Kier alpha value is -2.42. The van der Waals surface area contributed by atoms with Crippen LogP contribution in [-0.4, -0.2) is 15.0 Å². The number of hydrogen-bond donors (Lipinski definition) is 0. The van der Waals surface area contributed by atoms with Gasteiger partial charge in [-0.05, 0) is 12.5 Å². The summed E-state index contributed by atoms with van der Waals surface area (Å²) >= 11 is 0. The predicted molar refractivity (Wildman–Crippen MR) is 74.7 cm³/mol. The number of nitrogens with zero attached hydrogens (tertiary/aromatic N) is 3. The van der Waals surface area contributed by atoms with E-state index in [2.05, 4.69) is 65.8 Å². The molecule has 0 radical (unpaired) electrons. The average Bonchev–Trinajstić information content (AvgIpc) is 2.98. The summed E-state index contributed by atoms with van der Waals surface area (Å²) in [6.07, 6.45) is 0. The molecule has 0 atom stereocenters. The van der Waals surface area contributed by atoms with E-state index in [1.165, 1.54) is 16.7 Å². The van der Waals surface area contributed by atoms with Crippen LogP contribution in [0.15, 0.2) is 48.5 Å². The third-order valence-electron chi connectivity index (χ3n) is 3.65. The Morgan fingerprint density at radius 2 is 1.79 bits per heavy atom. The normalized spacial score (nSPS) is 12.3. The summed E-state index contributed by atoms with van der Waals surface area (Å²) in [5, 5.41) is 8.63. The second kappa shape index (κ2) is 3.79. The van der Waals surface area contributed by atoms with E-state index >= 15 is 0 Å². The zero-order chi connectivity index (χ0) is 12.8. The SMILES string of the molecule is Cc1ccc(-c2nnn3c2-c2ccccc2C3)cc1. The molecule has 1 aliphatic heterocycles. The van der Waals surface area contributed by atoms with E-state index in [4.69, 9.17) is 0 Å². The first kappa shape index (κ1) is 10.5. The Bertz CT molecular complexity index is 754. The van der Waals surface area contributed by atoms with Crippen LogP contribution < -0.4 is 0 Å². The Morgan fingerprint density at radius 3 is 2.63 bits per heavy atom. The molecular weight excluding hydrogens is 234 g/mol. The lowest BCUT2D eigenvalue weighted by molar-refractivity contribution is 0.675. The third kappa shape index (κ3) is 1.51. The van der Waals surface area contributed by atoms with Gasteiger partial charge in [-0.1, -0.05) is 59.3 Å². The maximum absolute atomic E-state index is 4.35. The topological polar surface area (TPSA) is 30.7 Å². The molecule has 0 unspecified atom stereocenters. The highest BCUT2D eigenvalue weighted by Crippen LogP contribution is 2.37. The van der Waals surface area contributed by atoms with Gasteiger partial charge in [-0.15, -0.1) is 5.10 Å². The molecule has 92 valence electrons. The Balaban J connectivity index is 1.93. The van der Waals surface area contributed by atoms with Crippen LogP contribution in [0.3, 0.4) is 0 Å². The first-order valence-corrected chi connectivity index (χ1v) is 6.42. The number of hydrogen-bond acceptors (Lipinski definition) is 2. The monoisotopic (exact) mass is 247 g/mol. The van der Waals surface area contributed by atoms with Gasteiger partial charge in [-0.3, -0.25) is 0 Å². The number of aryl methyl sites for hydroxylation is 1. The molecule has 4 rings (SSSR count). The van der Waals surface area contributed by atoms with E-state index in [0.29, 0.717) is 0 Å². The van der Waals surface area contributed by atoms with Crippen molar-refractivity contribution in [3.05, 3.63) is 59.7 Å². The van der Waals surface area contributed by atoms with Crippen LogP contribution in [0.25, 0.3) is 22.5 Å². The van der Waals surface area contributed by atoms with Crippen molar-refractivity contribution in [1.82, 2.24) is 15.0 Å². The number of aromatic nitrogens is 3. The second-order valence-corrected chi connectivity index (χ2v) is 4.97. The van der Waals surface area contributed by atoms with Crippen molar-refractivity contribution in [2.75, 3.05) is 0 Å². The zero-order valence-corrected chi connectivity index (χ0v) is 10.7. The standard InChI is InChI=1S/C16H13N3/c1-11-6-8-12(9-7-11)15-16-14-5-3-2-4-13(14)10-19(16)18-17-15/h2-9H,10H2,1H3. The van der Waals surface area contributed by atoms with Crippen LogP contribution in [-0.2, 0) is 6.54 Å². The summed E-state index contributed by atoms with van der Waals surface area (Å²) in [5.74, 6) is 0. The summed E-state index contributed by atoms with van der Waals surface area (Å²) in [4.78, 5) is 0. The molecule has 3 nitrogen and oxygen atoms in total. The van der Waals surface area contributed by atoms with Gasteiger partial charge in [0.15, 0.2) is 0 Å². The summed E-state index contributed by atoms with van der Waals surface area (Å²) in [6.45, 7) is 2.92. The molecule has 2 heterocycles. The quantitative estimate of drug-likeness (QED) is 0.517. The van der Waals surface area contributed by atoms with Crippen molar-refractivity contribution < 1.29 is 0 Å². The van der Waals surface area contributed by atoms with Crippen molar-refractivity contribution in [3.63, 3.8) is 0 Å². The Kier molecular flexibility index (Phi) is 2.09. The summed E-state index contributed by atoms with van der Waals surface area (Å²) in [6, 6.07) is 16.9. The molecule has 2 aromatic carbocycles. The van der Waals surface area contributed by atoms with Gasteiger partial charge >= 0.3 is 0 Å². The van der Waals surface area contributed by atoms with Crippen molar-refractivity contribution in [1.29, 1.82) is 0 Å². The van der Waals surface area contributed by atoms with Gasteiger partial charge in [0, 0.05) is 11.1 Å². The lowest BCUT2D eigenvalue weighted by Crippen LogP contribution is -1.94. The van der Waals surface area contributed by atoms with Gasteiger partial charge in [-0.25, -0.2) is 4.68 Å². The number of rotatable bonds is 1. The van der Waals surface area contributed by atoms with Crippen molar-refractivity contribution >= 4 is 0 Å². The van der Waals surface area contributed by atoms with E-state index in [0.717, 1.165) is 23.5 Å². The predicted octanol–water partition coefficient (Wildman–Crippen LogP) is 3.28. The number of fused-ring (bicyclic) bond motifs is 3. The Morgan fingerprint density at radius 1 is 1.00 bits per heavy atom. The minimum atomic E-state index is 0.824. The minimum absolute atomic E-state index is 0.824. The fraction of sp³-hybridized carbons (Fsp3) is 0.125. The molecular formula is C16H13N3. The smallest absolute Gasteiger partial charge is 0.121 e. The molecule has 3 aromatic rings. The van der Waals surface area contributed by atoms with Crippen LogP contribution in [0.2, 0.25) is 0 Å². The first-order chi connectivity index (χ1) is 9.33. The summed E-state index contributed by atoms with van der Waals surface area (Å²) < 4.78 is 1.99. The lowest BCUT2D eigenvalue weighted by atomic mass is 10.0. The van der Waals surface area contributed by atoms with Gasteiger partial charge < -0.3 is 0 Å². The minimum Gasteiger partial charge on any atom is -0.240 e. The fourth-order valence-corrected chi connectivity index (χ4v) is 2.65. The molecule has 3 heteroatoms. The number of benzene rings is 2. The van der Waals surface area contributed by atoms with Crippen LogP contribution in [0, 0.1) is 6.92 Å². The van der Waals surface area contributed by atoms with Gasteiger partial charge in [-0.2, -0.15) is 0 Å². The van der Waals surface area contributed by atoms with Gasteiger partial charge in [0.05, 0.1) is 12.2 Å². The van der Waals surface area contributed by atoms with Crippen molar-refractivity contribution in [2.45, 2.75) is 13.5 Å². The maximum atomic E-state index is 4.35. The zero-order valence-electron chi connectivity index (χ0n) is 10.7. The van der Waals surface area contributed by atoms with Crippen LogP contribution >= 0.6 is 0 Å². The summed E-state index contributed by atoms with van der Waals surface area (Å²) in [7, 11) is 0. The highest BCUT2D eigenvalue weighted by atomic mass is 15.4. The molecule has 0 N–H and O–H groups in total. The van der Waals surface area contributed by atoms with Crippen LogP contribution in [0.5, 0.6) is 0 Å². The van der Waals surface area contributed by atoms with Crippen molar-refractivity contribution in [3.8, 4) is 22.5 Å². The molecule has 0 spiro atoms. The van der Waals surface area contributed by atoms with Crippen LogP contribution in [0.1, 0.15) is 11.1 Å². The molecule has 0 fully saturated rings. The van der Waals surface area contributed by atoms with Gasteiger partial charge in [0.1, 0.15) is 5.69 Å². The average molecular weight is 247 g/mol. The fourth-order valence-electron chi connectivity index (χ4n) is 2.65. The third-order valence-corrected chi connectivity index (χ3v) is 3.65. The molecule has 0 amide bonds. The molecule has 1 aromatic heterocycles. The van der Waals surface area contributed by atoms with Gasteiger partial charge in [0.25, 0.3) is 0 Å². The molecule has 0 saturated carbocycles. The first-order valence-electron chi connectivity index (χ1n) is 6.42. The van der Waals surface area contributed by atoms with E-state index < -0.39 is 0 Å². The largest absolute Gasteiger partial charge is 0.240 e. The van der Waals surface area contributed by atoms with E-state index in [1.807, 2.05) is 4.68 Å². The highest BCUT2D eigenvalue weighted by Gasteiger charge is 2.24. The molecule has 19 heavy (non-hydrogen) atoms. The maximum Gasteiger partial charge on any atom is 0.121 e. The van der Waals surface area contributed by atoms with E-state index in [-0.39, 0.29) is 0 Å². The summed E-state index contributed by atoms with van der Waals surface area (Å²) in [5.41, 5.74) is 7.07. The Labute approximate surface area is 111 Å². The van der Waals surface area contributed by atoms with Crippen LogP contribution in [0.4, 0.5) is 0 Å². The van der Waals surface area contributed by atoms with Crippen molar-refractivity contribution in [2.24, 2.45) is 0 Å². The van der Waals surface area contributed by atoms with E-state index in [9.17, 15) is 0 Å². The molecule has 0 aliphatic carbocycles. The van der Waals surface area contributed by atoms with Gasteiger partial charge in [0.2, 0.25) is 0 Å². The lowest BCUT2D eigenvalue weighted by Gasteiger charge is -2.02. The van der Waals surface area contributed by atoms with E-state index in [1.54, 1.807) is 0 Å².